The summed E-state index contributed by atoms with van der Waals surface area (Å²) in [5.41, 5.74) is 0. The minimum atomic E-state index is 0.322. The van der Waals surface area contributed by atoms with Crippen LogP contribution in [-0.4, -0.2) is 20.4 Å². The van der Waals surface area contributed by atoms with Crippen molar-refractivity contribution in [2.45, 2.75) is 139 Å². The van der Waals surface area contributed by atoms with E-state index in [-0.39, 0.29) is 0 Å². The van der Waals surface area contributed by atoms with Gasteiger partial charge in [-0.2, -0.15) is 0 Å². The van der Waals surface area contributed by atoms with Gasteiger partial charge in [-0.3, -0.25) is 0 Å². The second-order valence-corrected chi connectivity index (χ2v) is 10.3. The van der Waals surface area contributed by atoms with Crippen LogP contribution in [0.1, 0.15) is 139 Å². The lowest BCUT2D eigenvalue weighted by atomic mass is 10.0. The van der Waals surface area contributed by atoms with Gasteiger partial charge >= 0.3 is 0 Å². The second kappa shape index (κ2) is 56.9. The quantitative estimate of drug-likeness (QED) is 0.132. The predicted octanol–water partition coefficient (Wildman–Crippen LogP) is 16.5. The molecule has 2 aliphatic rings. The van der Waals surface area contributed by atoms with Crippen molar-refractivity contribution in [2.75, 3.05) is 0 Å². The number of hydrogen-bond acceptors (Lipinski definition) is 4. The molecule has 0 bridgehead atoms. The Kier molecular flexibility index (Phi) is 64.6. The van der Waals surface area contributed by atoms with Crippen LogP contribution in [0.25, 0.3) is 0 Å². The molecule has 0 radical (unpaired) electrons. The van der Waals surface area contributed by atoms with Crippen molar-refractivity contribution >= 4 is 37.2 Å². The van der Waals surface area contributed by atoms with Gasteiger partial charge in [-0.05, 0) is 48.5 Å². The van der Waals surface area contributed by atoms with E-state index in [1.54, 1.807) is 97.1 Å². The monoisotopic (exact) mass is 932 g/mol. The van der Waals surface area contributed by atoms with E-state index in [1.165, 1.54) is 83.5 Å². The van der Waals surface area contributed by atoms with Crippen LogP contribution >= 0.6 is 37.2 Å². The van der Waals surface area contributed by atoms with Crippen LogP contribution in [0.5, 0.6) is 23.0 Å². The van der Waals surface area contributed by atoms with Crippen LogP contribution in [0.15, 0.2) is 121 Å². The molecule has 2 saturated carbocycles. The lowest BCUT2D eigenvalue weighted by Crippen LogP contribution is -1.85. The van der Waals surface area contributed by atoms with Gasteiger partial charge in [0.15, 0.2) is 0 Å². The third-order valence-corrected chi connectivity index (χ3v) is 6.02. The Morgan fingerprint density at radius 1 is 0.314 bits per heavy atom. The summed E-state index contributed by atoms with van der Waals surface area (Å²) in [6.07, 6.45) is 19.2. The van der Waals surface area contributed by atoms with E-state index in [0.29, 0.717) is 23.0 Å². The summed E-state index contributed by atoms with van der Waals surface area (Å²) in [5, 5.41) is 34.5. The van der Waals surface area contributed by atoms with Gasteiger partial charge in [-0.25, -0.2) is 0 Å². The molecule has 0 unspecified atom stereocenters. The normalized spacial score (nSPS) is 11.2. The molecule has 0 atom stereocenters. The van der Waals surface area contributed by atoms with Gasteiger partial charge in [0.2, 0.25) is 0 Å². The summed E-state index contributed by atoms with van der Waals surface area (Å²) >= 11 is 4.24. The molecular weight excluding hydrogens is 858 g/mol. The van der Waals surface area contributed by atoms with Gasteiger partial charge in [0.05, 0.1) is 0 Å². The summed E-state index contributed by atoms with van der Waals surface area (Å²) in [4.78, 5) is 0. The van der Waals surface area contributed by atoms with Crippen LogP contribution in [0.4, 0.5) is 0 Å². The van der Waals surface area contributed by atoms with Crippen molar-refractivity contribution in [3.05, 3.63) is 121 Å². The third-order valence-electron chi connectivity index (χ3n) is 6.02. The third kappa shape index (κ3) is 57.1. The zero-order valence-electron chi connectivity index (χ0n) is 33.3. The number of aromatic hydroxyl groups is 4. The Morgan fingerprint density at radius 2 is 0.412 bits per heavy atom. The number of hydrogen-bond donors (Lipinski definition) is 4. The highest BCUT2D eigenvalue weighted by Gasteiger charge is 1.96. The first kappa shape index (κ1) is 57.9. The Balaban J connectivity index is -0.000000157. The fraction of sp³-hybridized carbons (Fsp3) is 0.467. The van der Waals surface area contributed by atoms with E-state index in [2.05, 4.69) is 51.1 Å². The molecule has 292 valence electrons. The standard InChI is InChI=1S/4C6H6O.2C6H12.C3H8.3C2H6.I2/c4*7-6-4-2-1-3-5-6;2*1-2-4-6-5-3-1;1-3-2;4*1-2/h4*1-5,7H;2*1-6H2;3H2,1-2H3;3*1-2H3;. The molecule has 0 saturated heterocycles. The Hall–Kier alpha value is -2.46. The number of phenolic OH excluding ortho intramolecular Hbond substituents is 4. The maximum atomic E-state index is 8.63. The summed E-state index contributed by atoms with van der Waals surface area (Å²) in [6, 6.07) is 34.9. The maximum Gasteiger partial charge on any atom is 0.115 e. The zero-order valence-corrected chi connectivity index (χ0v) is 37.6. The molecule has 2 fully saturated rings. The van der Waals surface area contributed by atoms with E-state index in [1.807, 2.05) is 65.8 Å². The summed E-state index contributed by atoms with van der Waals surface area (Å²) < 4.78 is 0. The van der Waals surface area contributed by atoms with Crippen LogP contribution in [0.3, 0.4) is 0 Å². The molecule has 0 aliphatic heterocycles. The number of para-hydroxylation sites is 4. The fourth-order valence-electron chi connectivity index (χ4n) is 3.83. The van der Waals surface area contributed by atoms with Gasteiger partial charge < -0.3 is 20.4 Å². The number of benzene rings is 4. The van der Waals surface area contributed by atoms with E-state index in [4.69, 9.17) is 20.4 Å². The summed E-state index contributed by atoms with van der Waals surface area (Å²) in [6.45, 7) is 16.2. The highest BCUT2D eigenvalue weighted by Crippen LogP contribution is 2.16. The van der Waals surface area contributed by atoms with Gasteiger partial charge in [-0.1, -0.05) is 212 Å². The molecule has 0 spiro atoms. The van der Waals surface area contributed by atoms with E-state index < -0.39 is 0 Å². The van der Waals surface area contributed by atoms with Crippen molar-refractivity contribution < 1.29 is 20.4 Å². The van der Waals surface area contributed by atoms with Crippen molar-refractivity contribution in [1.29, 1.82) is 0 Å². The highest BCUT2D eigenvalue weighted by molar-refractivity contribution is 15.0. The SMILES string of the molecule is C1CCCCC1.C1CCCCC1.CC.CC.CC.CCC.II.Oc1ccccc1.Oc1ccccc1.Oc1ccccc1.Oc1ccccc1. The molecule has 51 heavy (non-hydrogen) atoms. The Labute approximate surface area is 338 Å². The molecule has 0 amide bonds. The van der Waals surface area contributed by atoms with Crippen molar-refractivity contribution in [3.63, 3.8) is 0 Å². The van der Waals surface area contributed by atoms with Gasteiger partial charge in [0.1, 0.15) is 23.0 Å². The second-order valence-electron chi connectivity index (χ2n) is 10.3. The average Bonchev–Trinajstić information content (AvgIpc) is 3.22. The van der Waals surface area contributed by atoms with Gasteiger partial charge in [0.25, 0.3) is 0 Å². The van der Waals surface area contributed by atoms with Crippen LogP contribution in [0, 0.1) is 0 Å². The lowest BCUT2D eigenvalue weighted by Gasteiger charge is -2.05. The van der Waals surface area contributed by atoms with E-state index in [0.717, 1.165) is 0 Å². The lowest BCUT2D eigenvalue weighted by molar-refractivity contribution is 0.475. The molecule has 4 aromatic carbocycles. The molecule has 4 aromatic rings. The van der Waals surface area contributed by atoms with Crippen molar-refractivity contribution in [1.82, 2.24) is 0 Å². The first-order chi connectivity index (χ1) is 25.0. The first-order valence-electron chi connectivity index (χ1n) is 19.1. The maximum absolute atomic E-state index is 8.63. The van der Waals surface area contributed by atoms with Crippen LogP contribution in [0.2, 0.25) is 0 Å². The molecule has 6 heteroatoms. The Morgan fingerprint density at radius 3 is 0.471 bits per heavy atom. The summed E-state index contributed by atoms with van der Waals surface area (Å²) in [7, 11) is 0. The highest BCUT2D eigenvalue weighted by atomic mass is 128. The topological polar surface area (TPSA) is 80.9 Å². The van der Waals surface area contributed by atoms with Crippen LogP contribution in [-0.2, 0) is 0 Å². The average molecular weight is 933 g/mol. The van der Waals surface area contributed by atoms with E-state index in [9.17, 15) is 0 Å². The van der Waals surface area contributed by atoms with Gasteiger partial charge in [0, 0.05) is 37.2 Å². The minimum Gasteiger partial charge on any atom is -0.508 e. The van der Waals surface area contributed by atoms with Crippen molar-refractivity contribution in [2.24, 2.45) is 0 Å². The molecule has 2 aliphatic carbocycles. The number of halogens is 2. The molecule has 0 heterocycles. The Bertz CT molecular complexity index is 862. The molecule has 6 rings (SSSR count). The smallest absolute Gasteiger partial charge is 0.115 e. The fourth-order valence-corrected chi connectivity index (χ4v) is 3.83. The van der Waals surface area contributed by atoms with Crippen molar-refractivity contribution in [3.8, 4) is 23.0 Å². The number of rotatable bonds is 0. The predicted molar refractivity (Wildman–Crippen MR) is 246 cm³/mol. The first-order valence-corrected chi connectivity index (χ1v) is 25.4. The molecule has 4 nitrogen and oxygen atoms in total. The summed E-state index contributed by atoms with van der Waals surface area (Å²) in [5.74, 6) is 1.29. The zero-order chi connectivity index (χ0) is 39.6. The minimum absolute atomic E-state index is 0.322. The largest absolute Gasteiger partial charge is 0.508 e. The molecule has 4 N–H and O–H groups in total. The van der Waals surface area contributed by atoms with Crippen LogP contribution < -0.4 is 0 Å². The molecular formula is C45H74I2O4. The van der Waals surface area contributed by atoms with E-state index >= 15 is 0 Å². The van der Waals surface area contributed by atoms with Gasteiger partial charge in [-0.15, -0.1) is 0 Å². The number of phenols is 4. The molecule has 0 aromatic heterocycles.